The number of ether oxygens (including phenoxy) is 2. The minimum absolute atomic E-state index is 0.0212. The van der Waals surface area contributed by atoms with Gasteiger partial charge in [-0.15, -0.1) is 0 Å². The second kappa shape index (κ2) is 6.58. The molecule has 1 saturated heterocycles. The molecular formula is C19H17NO4. The van der Waals surface area contributed by atoms with Gasteiger partial charge in [0.25, 0.3) is 5.91 Å². The maximum atomic E-state index is 12.5. The van der Waals surface area contributed by atoms with Gasteiger partial charge in [-0.3, -0.25) is 4.79 Å². The van der Waals surface area contributed by atoms with E-state index in [-0.39, 0.29) is 5.76 Å². The molecule has 0 N–H and O–H groups in total. The number of hydrogen-bond acceptors (Lipinski definition) is 4. The van der Waals surface area contributed by atoms with E-state index < -0.39 is 18.0 Å². The molecule has 2 amide bonds. The second-order valence-corrected chi connectivity index (χ2v) is 5.41. The lowest BCUT2D eigenvalue weighted by Gasteiger charge is -2.19. The Bertz CT molecular complexity index is 781. The number of carbonyl (C=O) groups excluding carboxylic acids is 2. The van der Waals surface area contributed by atoms with Gasteiger partial charge in [0.2, 0.25) is 0 Å². The number of amides is 2. The van der Waals surface area contributed by atoms with Gasteiger partial charge < -0.3 is 9.47 Å². The van der Waals surface area contributed by atoms with Gasteiger partial charge in [0, 0.05) is 0 Å². The van der Waals surface area contributed by atoms with Crippen LogP contribution in [0.3, 0.4) is 0 Å². The summed E-state index contributed by atoms with van der Waals surface area (Å²) in [7, 11) is 1.58. The first kappa shape index (κ1) is 15.8. The van der Waals surface area contributed by atoms with Crippen molar-refractivity contribution in [3.05, 3.63) is 71.5 Å². The minimum Gasteiger partial charge on any atom is -0.497 e. The molecule has 3 rings (SSSR count). The van der Waals surface area contributed by atoms with E-state index in [0.717, 1.165) is 16.0 Å². The van der Waals surface area contributed by atoms with Crippen LogP contribution in [0.2, 0.25) is 0 Å². The van der Waals surface area contributed by atoms with Gasteiger partial charge in [-0.2, -0.15) is 0 Å². The van der Waals surface area contributed by atoms with Gasteiger partial charge in [0.1, 0.15) is 5.75 Å². The molecule has 0 spiro atoms. The molecule has 5 heteroatoms. The molecule has 2 aromatic rings. The first-order valence-corrected chi connectivity index (χ1v) is 7.56. The molecule has 1 aliphatic heterocycles. The van der Waals surface area contributed by atoms with E-state index in [0.29, 0.717) is 5.75 Å². The highest BCUT2D eigenvalue weighted by molar-refractivity contribution is 6.10. The van der Waals surface area contributed by atoms with Gasteiger partial charge in [0.05, 0.1) is 13.2 Å². The highest BCUT2D eigenvalue weighted by atomic mass is 16.6. The fourth-order valence-electron chi connectivity index (χ4n) is 2.55. The number of cyclic esters (lactones) is 1. The molecule has 1 fully saturated rings. The van der Waals surface area contributed by atoms with E-state index in [1.807, 2.05) is 30.3 Å². The maximum Gasteiger partial charge on any atom is 0.423 e. The SMILES string of the molecule is COc1ccc(/C=C2\OC(=O)N([C@H](C)c3ccccc3)C2=O)cc1. The zero-order valence-electron chi connectivity index (χ0n) is 13.4. The van der Waals surface area contributed by atoms with Crippen LogP contribution < -0.4 is 4.74 Å². The minimum atomic E-state index is -0.656. The Morgan fingerprint density at radius 2 is 1.71 bits per heavy atom. The van der Waals surface area contributed by atoms with Crippen LogP contribution in [0.5, 0.6) is 5.75 Å². The van der Waals surface area contributed by atoms with Gasteiger partial charge in [0.15, 0.2) is 5.76 Å². The summed E-state index contributed by atoms with van der Waals surface area (Å²) in [6, 6.07) is 16.1. The molecule has 2 aromatic carbocycles. The Kier molecular flexibility index (Phi) is 4.33. The van der Waals surface area contributed by atoms with Crippen molar-refractivity contribution in [1.82, 2.24) is 4.90 Å². The van der Waals surface area contributed by atoms with Crippen molar-refractivity contribution < 1.29 is 19.1 Å². The van der Waals surface area contributed by atoms with Crippen molar-refractivity contribution in [3.8, 4) is 5.75 Å². The number of methoxy groups -OCH3 is 1. The predicted octanol–water partition coefficient (Wildman–Crippen LogP) is 3.78. The van der Waals surface area contributed by atoms with Crippen LogP contribution in [0.4, 0.5) is 4.79 Å². The Hall–Kier alpha value is -3.08. The quantitative estimate of drug-likeness (QED) is 0.804. The summed E-state index contributed by atoms with van der Waals surface area (Å²) in [6.45, 7) is 1.80. The number of rotatable bonds is 4. The van der Waals surface area contributed by atoms with Crippen molar-refractivity contribution in [1.29, 1.82) is 0 Å². The number of imide groups is 1. The van der Waals surface area contributed by atoms with E-state index >= 15 is 0 Å². The van der Waals surface area contributed by atoms with Crippen LogP contribution in [0.25, 0.3) is 6.08 Å². The monoisotopic (exact) mass is 323 g/mol. The van der Waals surface area contributed by atoms with E-state index in [1.165, 1.54) is 0 Å². The molecule has 1 heterocycles. The number of nitrogens with zero attached hydrogens (tertiary/aromatic N) is 1. The molecule has 0 bridgehead atoms. The third-order valence-electron chi connectivity index (χ3n) is 3.91. The topological polar surface area (TPSA) is 55.8 Å². The summed E-state index contributed by atoms with van der Waals surface area (Å²) >= 11 is 0. The van der Waals surface area contributed by atoms with E-state index in [9.17, 15) is 9.59 Å². The average molecular weight is 323 g/mol. The summed E-state index contributed by atoms with van der Waals surface area (Å²) in [5.41, 5.74) is 1.62. The number of benzene rings is 2. The van der Waals surface area contributed by atoms with Crippen molar-refractivity contribution >= 4 is 18.1 Å². The third kappa shape index (κ3) is 3.01. The lowest BCUT2D eigenvalue weighted by atomic mass is 10.1. The molecule has 0 radical (unpaired) electrons. The fourth-order valence-corrected chi connectivity index (χ4v) is 2.55. The highest BCUT2D eigenvalue weighted by Crippen LogP contribution is 2.29. The predicted molar refractivity (Wildman–Crippen MR) is 89.2 cm³/mol. The lowest BCUT2D eigenvalue weighted by molar-refractivity contribution is -0.124. The summed E-state index contributed by atoms with van der Waals surface area (Å²) in [4.78, 5) is 25.8. The average Bonchev–Trinajstić information content (AvgIpc) is 2.89. The molecule has 24 heavy (non-hydrogen) atoms. The van der Waals surface area contributed by atoms with Gasteiger partial charge in [-0.05, 0) is 36.3 Å². The second-order valence-electron chi connectivity index (χ2n) is 5.41. The van der Waals surface area contributed by atoms with Gasteiger partial charge >= 0.3 is 6.09 Å². The summed E-state index contributed by atoms with van der Waals surface area (Å²) in [6.07, 6.45) is 0.897. The molecule has 122 valence electrons. The van der Waals surface area contributed by atoms with Crippen LogP contribution in [-0.4, -0.2) is 24.0 Å². The molecule has 0 aliphatic carbocycles. The first-order chi connectivity index (χ1) is 11.6. The van der Waals surface area contributed by atoms with Crippen LogP contribution in [-0.2, 0) is 9.53 Å². The largest absolute Gasteiger partial charge is 0.497 e. The molecule has 0 unspecified atom stereocenters. The van der Waals surface area contributed by atoms with Crippen molar-refractivity contribution in [2.24, 2.45) is 0 Å². The Labute approximate surface area is 140 Å². The van der Waals surface area contributed by atoms with Gasteiger partial charge in [-0.25, -0.2) is 9.69 Å². The lowest BCUT2D eigenvalue weighted by Crippen LogP contribution is -2.31. The van der Waals surface area contributed by atoms with Crippen molar-refractivity contribution in [2.75, 3.05) is 7.11 Å². The highest BCUT2D eigenvalue weighted by Gasteiger charge is 2.40. The van der Waals surface area contributed by atoms with E-state index in [2.05, 4.69) is 0 Å². The zero-order valence-corrected chi connectivity index (χ0v) is 13.4. The Morgan fingerprint density at radius 1 is 1.04 bits per heavy atom. The normalized spacial score (nSPS) is 17.1. The fraction of sp³-hybridized carbons (Fsp3) is 0.158. The van der Waals surface area contributed by atoms with E-state index in [4.69, 9.17) is 9.47 Å². The zero-order chi connectivity index (χ0) is 17.1. The standard InChI is InChI=1S/C19H17NO4/c1-13(15-6-4-3-5-7-15)20-18(21)17(24-19(20)22)12-14-8-10-16(23-2)11-9-14/h3-13H,1-2H3/b17-12-/t13-/m1/s1. The Balaban J connectivity index is 1.84. The molecule has 1 atom stereocenters. The van der Waals surface area contributed by atoms with Crippen molar-refractivity contribution in [2.45, 2.75) is 13.0 Å². The van der Waals surface area contributed by atoms with Crippen molar-refractivity contribution in [3.63, 3.8) is 0 Å². The van der Waals surface area contributed by atoms with Crippen LogP contribution in [0, 0.1) is 0 Å². The van der Waals surface area contributed by atoms with Crippen LogP contribution in [0.1, 0.15) is 24.1 Å². The maximum absolute atomic E-state index is 12.5. The smallest absolute Gasteiger partial charge is 0.423 e. The molecule has 0 saturated carbocycles. The summed E-state index contributed by atoms with van der Waals surface area (Å²) in [5, 5.41) is 0. The molecule has 5 nitrogen and oxygen atoms in total. The molecule has 1 aliphatic rings. The number of hydrogen-bond donors (Lipinski definition) is 0. The van der Waals surface area contributed by atoms with E-state index in [1.54, 1.807) is 44.4 Å². The molecular weight excluding hydrogens is 306 g/mol. The first-order valence-electron chi connectivity index (χ1n) is 7.56. The number of carbonyl (C=O) groups is 2. The summed E-state index contributed by atoms with van der Waals surface area (Å²) in [5.74, 6) is 0.298. The van der Waals surface area contributed by atoms with Crippen LogP contribution >= 0.6 is 0 Å². The van der Waals surface area contributed by atoms with Gasteiger partial charge in [-0.1, -0.05) is 42.5 Å². The Morgan fingerprint density at radius 3 is 2.33 bits per heavy atom. The summed E-state index contributed by atoms with van der Waals surface area (Å²) < 4.78 is 10.3. The molecule has 0 aromatic heterocycles. The third-order valence-corrected chi connectivity index (χ3v) is 3.91. The van der Waals surface area contributed by atoms with Crippen LogP contribution in [0.15, 0.2) is 60.4 Å².